The molecule has 0 amide bonds. The summed E-state index contributed by atoms with van der Waals surface area (Å²) in [5.41, 5.74) is 1.07. The lowest BCUT2D eigenvalue weighted by atomic mass is 10.2. The van der Waals surface area contributed by atoms with Crippen LogP contribution in [-0.4, -0.2) is 23.5 Å². The number of halogens is 1. The largest absolute Gasteiger partial charge is 0.357 e. The van der Waals surface area contributed by atoms with E-state index in [0.717, 1.165) is 24.6 Å². The number of guanidine groups is 1. The Morgan fingerprint density at radius 3 is 2.75 bits per heavy atom. The molecule has 2 rings (SSSR count). The van der Waals surface area contributed by atoms with Crippen LogP contribution in [0.4, 0.5) is 0 Å². The van der Waals surface area contributed by atoms with E-state index in [1.807, 2.05) is 0 Å². The fraction of sp³-hybridized carbons (Fsp3) is 0.714. The van der Waals surface area contributed by atoms with E-state index in [-0.39, 0.29) is 24.0 Å². The highest BCUT2D eigenvalue weighted by Crippen LogP contribution is 2.17. The van der Waals surface area contributed by atoms with Gasteiger partial charge in [0, 0.05) is 18.0 Å². The summed E-state index contributed by atoms with van der Waals surface area (Å²) in [6, 6.07) is 0.597. The Morgan fingerprint density at radius 1 is 1.40 bits per heavy atom. The summed E-state index contributed by atoms with van der Waals surface area (Å²) in [6.45, 7) is 5.80. The van der Waals surface area contributed by atoms with Crippen LogP contribution in [0.2, 0.25) is 0 Å². The first-order valence-corrected chi connectivity index (χ1v) is 8.18. The minimum atomic E-state index is 0. The Kier molecular flexibility index (Phi) is 8.44. The minimum absolute atomic E-state index is 0. The number of hydrogen-bond acceptors (Lipinski definition) is 3. The van der Waals surface area contributed by atoms with Crippen molar-refractivity contribution in [3.8, 4) is 0 Å². The molecule has 0 spiro atoms. The standard InChI is InChI=1S/C14H24N4S.HI/c1-3-13-17-12(10-19-13)9-16-14(15-4-2)18-11-7-5-6-8-11;/h10-11H,3-9H2,1-2H3,(H2,15,16,18);1H. The van der Waals surface area contributed by atoms with Gasteiger partial charge in [-0.2, -0.15) is 0 Å². The minimum Gasteiger partial charge on any atom is -0.357 e. The lowest BCUT2D eigenvalue weighted by molar-refractivity contribution is 0.613. The van der Waals surface area contributed by atoms with Crippen molar-refractivity contribution in [3.05, 3.63) is 16.1 Å². The Balaban J connectivity index is 0.00000200. The van der Waals surface area contributed by atoms with Crippen LogP contribution in [0.5, 0.6) is 0 Å². The quantitative estimate of drug-likeness (QED) is 0.447. The molecule has 20 heavy (non-hydrogen) atoms. The van der Waals surface area contributed by atoms with E-state index >= 15 is 0 Å². The number of nitrogens with one attached hydrogen (secondary N) is 2. The van der Waals surface area contributed by atoms with E-state index in [2.05, 4.69) is 39.8 Å². The first-order valence-electron chi connectivity index (χ1n) is 7.30. The van der Waals surface area contributed by atoms with Crippen molar-refractivity contribution in [2.75, 3.05) is 6.54 Å². The van der Waals surface area contributed by atoms with Gasteiger partial charge in [0.25, 0.3) is 0 Å². The topological polar surface area (TPSA) is 49.3 Å². The molecule has 0 atom stereocenters. The molecule has 1 aromatic heterocycles. The number of aliphatic imine (C=N–C) groups is 1. The predicted octanol–water partition coefficient (Wildman–Crippen LogP) is 3.32. The first-order chi connectivity index (χ1) is 9.31. The van der Waals surface area contributed by atoms with Gasteiger partial charge in [0.15, 0.2) is 5.96 Å². The molecular formula is C14H25IN4S. The number of hydrogen-bond donors (Lipinski definition) is 2. The van der Waals surface area contributed by atoms with Crippen LogP contribution in [-0.2, 0) is 13.0 Å². The second kappa shape index (κ2) is 9.55. The van der Waals surface area contributed by atoms with E-state index in [9.17, 15) is 0 Å². The molecule has 2 N–H and O–H groups in total. The Hall–Kier alpha value is -0.370. The van der Waals surface area contributed by atoms with Crippen molar-refractivity contribution >= 4 is 41.3 Å². The fourth-order valence-electron chi connectivity index (χ4n) is 2.33. The van der Waals surface area contributed by atoms with Gasteiger partial charge in [0.05, 0.1) is 17.2 Å². The second-order valence-electron chi connectivity index (χ2n) is 4.91. The van der Waals surface area contributed by atoms with E-state index in [1.54, 1.807) is 11.3 Å². The molecular weight excluding hydrogens is 383 g/mol. The van der Waals surface area contributed by atoms with Crippen molar-refractivity contribution in [2.45, 2.75) is 58.5 Å². The van der Waals surface area contributed by atoms with Gasteiger partial charge in [-0.15, -0.1) is 35.3 Å². The smallest absolute Gasteiger partial charge is 0.191 e. The number of aromatic nitrogens is 1. The Labute approximate surface area is 142 Å². The molecule has 114 valence electrons. The van der Waals surface area contributed by atoms with Crippen molar-refractivity contribution in [1.82, 2.24) is 15.6 Å². The number of aryl methyl sites for hydroxylation is 1. The molecule has 0 unspecified atom stereocenters. The molecule has 0 saturated heterocycles. The van der Waals surface area contributed by atoms with Gasteiger partial charge in [-0.25, -0.2) is 9.98 Å². The molecule has 0 bridgehead atoms. The maximum Gasteiger partial charge on any atom is 0.191 e. The maximum absolute atomic E-state index is 4.63. The lowest BCUT2D eigenvalue weighted by Gasteiger charge is -2.16. The summed E-state index contributed by atoms with van der Waals surface area (Å²) in [5, 5.41) is 10.1. The molecule has 1 saturated carbocycles. The average Bonchev–Trinajstić information content (AvgIpc) is 3.07. The summed E-state index contributed by atoms with van der Waals surface area (Å²) < 4.78 is 0. The zero-order valence-electron chi connectivity index (χ0n) is 12.3. The van der Waals surface area contributed by atoms with Crippen LogP contribution >= 0.6 is 35.3 Å². The van der Waals surface area contributed by atoms with Crippen LogP contribution in [0.1, 0.15) is 50.2 Å². The monoisotopic (exact) mass is 408 g/mol. The highest BCUT2D eigenvalue weighted by molar-refractivity contribution is 14.0. The van der Waals surface area contributed by atoms with Gasteiger partial charge >= 0.3 is 0 Å². The predicted molar refractivity (Wildman–Crippen MR) is 97.1 cm³/mol. The lowest BCUT2D eigenvalue weighted by Crippen LogP contribution is -2.42. The van der Waals surface area contributed by atoms with Crippen molar-refractivity contribution in [3.63, 3.8) is 0 Å². The van der Waals surface area contributed by atoms with E-state index in [0.29, 0.717) is 12.6 Å². The van der Waals surface area contributed by atoms with Crippen molar-refractivity contribution in [2.24, 2.45) is 4.99 Å². The molecule has 6 heteroatoms. The van der Waals surface area contributed by atoms with Crippen LogP contribution in [0.25, 0.3) is 0 Å². The van der Waals surface area contributed by atoms with Crippen LogP contribution in [0.15, 0.2) is 10.4 Å². The van der Waals surface area contributed by atoms with Crippen molar-refractivity contribution < 1.29 is 0 Å². The normalized spacial score (nSPS) is 16.0. The summed E-state index contributed by atoms with van der Waals surface area (Å²) in [6.07, 6.45) is 6.21. The maximum atomic E-state index is 4.63. The first kappa shape index (κ1) is 17.7. The third kappa shape index (κ3) is 5.55. The Morgan fingerprint density at radius 2 is 2.15 bits per heavy atom. The van der Waals surface area contributed by atoms with E-state index in [4.69, 9.17) is 0 Å². The third-order valence-electron chi connectivity index (χ3n) is 3.34. The summed E-state index contributed by atoms with van der Waals surface area (Å²) in [7, 11) is 0. The van der Waals surface area contributed by atoms with Gasteiger partial charge in [-0.3, -0.25) is 0 Å². The Bertz CT molecular complexity index is 413. The van der Waals surface area contributed by atoms with E-state index in [1.165, 1.54) is 30.7 Å². The molecule has 1 heterocycles. The van der Waals surface area contributed by atoms with Gasteiger partial charge < -0.3 is 10.6 Å². The zero-order valence-corrected chi connectivity index (χ0v) is 15.5. The van der Waals surface area contributed by atoms with Gasteiger partial charge in [-0.05, 0) is 26.2 Å². The van der Waals surface area contributed by atoms with Crippen LogP contribution in [0, 0.1) is 0 Å². The van der Waals surface area contributed by atoms with Crippen LogP contribution in [0.3, 0.4) is 0 Å². The molecule has 0 aromatic carbocycles. The molecule has 1 aliphatic carbocycles. The van der Waals surface area contributed by atoms with Crippen LogP contribution < -0.4 is 10.6 Å². The van der Waals surface area contributed by atoms with E-state index < -0.39 is 0 Å². The molecule has 1 aliphatic rings. The fourth-order valence-corrected chi connectivity index (χ4v) is 3.06. The number of rotatable bonds is 5. The third-order valence-corrected chi connectivity index (χ3v) is 4.38. The van der Waals surface area contributed by atoms with Gasteiger partial charge in [-0.1, -0.05) is 19.8 Å². The van der Waals surface area contributed by atoms with Gasteiger partial charge in [0.1, 0.15) is 0 Å². The molecule has 0 aliphatic heterocycles. The average molecular weight is 408 g/mol. The summed E-state index contributed by atoms with van der Waals surface area (Å²) >= 11 is 1.73. The van der Waals surface area contributed by atoms with Gasteiger partial charge in [0.2, 0.25) is 0 Å². The summed E-state index contributed by atoms with van der Waals surface area (Å²) in [5.74, 6) is 0.931. The second-order valence-corrected chi connectivity index (χ2v) is 5.85. The number of thiazole rings is 1. The number of nitrogens with zero attached hydrogens (tertiary/aromatic N) is 2. The molecule has 0 radical (unpaired) electrons. The highest BCUT2D eigenvalue weighted by atomic mass is 127. The zero-order chi connectivity index (χ0) is 13.5. The summed E-state index contributed by atoms with van der Waals surface area (Å²) in [4.78, 5) is 9.18. The molecule has 1 fully saturated rings. The SMILES string of the molecule is CCNC(=NCc1csc(CC)n1)NC1CCCC1.I. The molecule has 4 nitrogen and oxygen atoms in total. The molecule has 1 aromatic rings. The highest BCUT2D eigenvalue weighted by Gasteiger charge is 2.15. The van der Waals surface area contributed by atoms with Crippen molar-refractivity contribution in [1.29, 1.82) is 0 Å².